The van der Waals surface area contributed by atoms with Crippen molar-refractivity contribution in [2.45, 2.75) is 11.8 Å². The van der Waals surface area contributed by atoms with E-state index in [1.807, 2.05) is 6.92 Å². The lowest BCUT2D eigenvalue weighted by molar-refractivity contribution is 0.425. The van der Waals surface area contributed by atoms with E-state index in [0.717, 1.165) is 10.6 Å². The van der Waals surface area contributed by atoms with Crippen LogP contribution >= 0.6 is 11.8 Å². The van der Waals surface area contributed by atoms with Crippen LogP contribution in [0.15, 0.2) is 23.1 Å². The molecule has 70 valence electrons. The molecule has 0 atom stereocenters. The van der Waals surface area contributed by atoms with Crippen LogP contribution in [0.25, 0.3) is 0 Å². The molecule has 1 rings (SSSR count). The van der Waals surface area contributed by atoms with Crippen molar-refractivity contribution in [3.63, 3.8) is 0 Å². The predicted molar refractivity (Wildman–Crippen MR) is 57.1 cm³/mol. The van der Waals surface area contributed by atoms with Crippen molar-refractivity contribution in [3.05, 3.63) is 18.2 Å². The molecule has 0 aliphatic carbocycles. The van der Waals surface area contributed by atoms with Gasteiger partial charge in [0.05, 0.1) is 0 Å². The number of anilines is 1. The first-order valence-electron chi connectivity index (χ1n) is 4.04. The quantitative estimate of drug-likeness (QED) is 0.364. The van der Waals surface area contributed by atoms with E-state index in [9.17, 15) is 0 Å². The molecule has 3 nitrogen and oxygen atoms in total. The molecule has 0 spiro atoms. The van der Waals surface area contributed by atoms with Crippen molar-refractivity contribution in [2.24, 2.45) is 0 Å². The largest absolute Gasteiger partial charge is 0.489 e. The first-order chi connectivity index (χ1) is 6.16. The number of hydrogen-bond acceptors (Lipinski definition) is 4. The van der Waals surface area contributed by atoms with Gasteiger partial charge in [-0.3, -0.25) is 0 Å². The molecule has 0 aliphatic heterocycles. The van der Waals surface area contributed by atoms with Gasteiger partial charge >= 0.3 is 7.12 Å². The van der Waals surface area contributed by atoms with Gasteiger partial charge in [0.1, 0.15) is 0 Å². The summed E-state index contributed by atoms with van der Waals surface area (Å²) in [4.78, 5) is 0.764. The summed E-state index contributed by atoms with van der Waals surface area (Å²) in [6.45, 7) is 1.99. The molecule has 0 heterocycles. The average molecular weight is 197 g/mol. The molecular weight excluding hydrogens is 185 g/mol. The van der Waals surface area contributed by atoms with Crippen LogP contribution in [0.1, 0.15) is 6.92 Å². The molecule has 0 fully saturated rings. The number of hydrogen-bond donors (Lipinski definition) is 3. The summed E-state index contributed by atoms with van der Waals surface area (Å²) in [5.41, 5.74) is 6.78. The smallest absolute Gasteiger partial charge is 0.423 e. The Labute approximate surface area is 82.1 Å². The van der Waals surface area contributed by atoms with Crippen LogP contribution in [0.2, 0.25) is 0 Å². The van der Waals surface area contributed by atoms with E-state index in [-0.39, 0.29) is 0 Å². The molecule has 0 aliphatic rings. The third kappa shape index (κ3) is 2.40. The van der Waals surface area contributed by atoms with Crippen LogP contribution in [0.5, 0.6) is 0 Å². The highest BCUT2D eigenvalue weighted by Crippen LogP contribution is 2.22. The summed E-state index contributed by atoms with van der Waals surface area (Å²) in [6.07, 6.45) is 0. The number of rotatable bonds is 3. The van der Waals surface area contributed by atoms with Crippen LogP contribution in [0.4, 0.5) is 5.69 Å². The second-order valence-corrected chi connectivity index (χ2v) is 3.85. The Hall–Kier alpha value is -0.645. The minimum Gasteiger partial charge on any atom is -0.423 e. The normalized spacial score (nSPS) is 10.1. The fourth-order valence-corrected chi connectivity index (χ4v) is 1.95. The number of nitrogens with two attached hydrogens (primary N) is 1. The lowest BCUT2D eigenvalue weighted by atomic mass is 9.80. The zero-order chi connectivity index (χ0) is 9.84. The van der Waals surface area contributed by atoms with Gasteiger partial charge in [0.15, 0.2) is 0 Å². The maximum atomic E-state index is 9.04. The fraction of sp³-hybridized carbons (Fsp3) is 0.250. The van der Waals surface area contributed by atoms with Gasteiger partial charge < -0.3 is 15.8 Å². The van der Waals surface area contributed by atoms with Gasteiger partial charge in [0.25, 0.3) is 0 Å². The number of nitrogen functional groups attached to an aromatic ring is 1. The molecule has 4 N–H and O–H groups in total. The van der Waals surface area contributed by atoms with Gasteiger partial charge in [-0.15, -0.1) is 11.8 Å². The maximum absolute atomic E-state index is 9.04. The Bertz CT molecular complexity index is 293. The SMILES string of the molecule is CCSc1c(N)cccc1B(O)O. The molecular formula is C8H12BNO2S. The molecule has 5 heteroatoms. The van der Waals surface area contributed by atoms with E-state index in [1.54, 1.807) is 18.2 Å². The second kappa shape index (κ2) is 4.55. The predicted octanol–water partition coefficient (Wildman–Crippen LogP) is 0.0606. The van der Waals surface area contributed by atoms with Gasteiger partial charge in [-0.2, -0.15) is 0 Å². The van der Waals surface area contributed by atoms with Gasteiger partial charge in [-0.1, -0.05) is 19.1 Å². The van der Waals surface area contributed by atoms with Gasteiger partial charge in [0.2, 0.25) is 0 Å². The van der Waals surface area contributed by atoms with E-state index >= 15 is 0 Å². The summed E-state index contributed by atoms with van der Waals surface area (Å²) in [7, 11) is -1.45. The zero-order valence-corrected chi connectivity index (χ0v) is 8.21. The fourth-order valence-electron chi connectivity index (χ4n) is 1.09. The molecule has 1 aromatic rings. The first kappa shape index (κ1) is 10.4. The third-order valence-corrected chi connectivity index (χ3v) is 2.69. The minimum atomic E-state index is -1.45. The van der Waals surface area contributed by atoms with Crippen LogP contribution in [0, 0.1) is 0 Å². The molecule has 0 amide bonds. The molecule has 1 aromatic carbocycles. The third-order valence-electron chi connectivity index (χ3n) is 1.64. The molecule has 0 aromatic heterocycles. The topological polar surface area (TPSA) is 66.5 Å². The first-order valence-corrected chi connectivity index (χ1v) is 5.02. The molecule has 0 bridgehead atoms. The standard InChI is InChI=1S/C8H12BNO2S/c1-2-13-8-6(9(11)12)4-3-5-7(8)10/h3-5,11-12H,2,10H2,1H3. The summed E-state index contributed by atoms with van der Waals surface area (Å²) in [6, 6.07) is 5.13. The molecule has 0 unspecified atom stereocenters. The van der Waals surface area contributed by atoms with E-state index < -0.39 is 7.12 Å². The highest BCUT2D eigenvalue weighted by Gasteiger charge is 2.17. The van der Waals surface area contributed by atoms with Crippen molar-refractivity contribution >= 4 is 30.0 Å². The summed E-state index contributed by atoms with van der Waals surface area (Å²) in [5, 5.41) is 18.1. The lowest BCUT2D eigenvalue weighted by Crippen LogP contribution is -2.32. The highest BCUT2D eigenvalue weighted by molar-refractivity contribution is 7.99. The van der Waals surface area contributed by atoms with Crippen molar-refractivity contribution in [1.29, 1.82) is 0 Å². The van der Waals surface area contributed by atoms with Gasteiger partial charge in [-0.25, -0.2) is 0 Å². The van der Waals surface area contributed by atoms with E-state index in [0.29, 0.717) is 11.2 Å². The Kier molecular flexibility index (Phi) is 3.65. The number of thioether (sulfide) groups is 1. The average Bonchev–Trinajstić information content (AvgIpc) is 2.08. The number of benzene rings is 1. The summed E-state index contributed by atoms with van der Waals surface area (Å²) < 4.78 is 0. The van der Waals surface area contributed by atoms with Crippen molar-refractivity contribution in [1.82, 2.24) is 0 Å². The van der Waals surface area contributed by atoms with Gasteiger partial charge in [-0.05, 0) is 17.3 Å². The second-order valence-electron chi connectivity index (χ2n) is 2.57. The van der Waals surface area contributed by atoms with Crippen molar-refractivity contribution in [2.75, 3.05) is 11.5 Å². The Balaban J connectivity index is 3.09. The zero-order valence-electron chi connectivity index (χ0n) is 7.40. The lowest BCUT2D eigenvalue weighted by Gasteiger charge is -2.09. The van der Waals surface area contributed by atoms with Crippen LogP contribution in [0.3, 0.4) is 0 Å². The van der Waals surface area contributed by atoms with Crippen LogP contribution in [-0.4, -0.2) is 22.9 Å². The Morgan fingerprint density at radius 2 is 2.15 bits per heavy atom. The Morgan fingerprint density at radius 1 is 1.46 bits per heavy atom. The monoisotopic (exact) mass is 197 g/mol. The Morgan fingerprint density at radius 3 is 2.69 bits per heavy atom. The van der Waals surface area contributed by atoms with E-state index in [2.05, 4.69) is 0 Å². The van der Waals surface area contributed by atoms with Crippen molar-refractivity contribution < 1.29 is 10.0 Å². The molecule has 0 radical (unpaired) electrons. The summed E-state index contributed by atoms with van der Waals surface area (Å²) >= 11 is 1.51. The minimum absolute atomic E-state index is 0.479. The summed E-state index contributed by atoms with van der Waals surface area (Å²) in [5.74, 6) is 0.855. The molecule has 0 saturated carbocycles. The molecule has 0 saturated heterocycles. The highest BCUT2D eigenvalue weighted by atomic mass is 32.2. The van der Waals surface area contributed by atoms with Crippen molar-refractivity contribution in [3.8, 4) is 0 Å². The van der Waals surface area contributed by atoms with E-state index in [1.165, 1.54) is 11.8 Å². The van der Waals surface area contributed by atoms with Crippen LogP contribution < -0.4 is 11.2 Å². The van der Waals surface area contributed by atoms with E-state index in [4.69, 9.17) is 15.8 Å². The van der Waals surface area contributed by atoms with Gasteiger partial charge in [0, 0.05) is 10.6 Å². The maximum Gasteiger partial charge on any atom is 0.489 e. The molecule has 13 heavy (non-hydrogen) atoms. The van der Waals surface area contributed by atoms with Crippen LogP contribution in [-0.2, 0) is 0 Å².